The molecule has 0 radical (unpaired) electrons. The van der Waals surface area contributed by atoms with Crippen LogP contribution >= 0.6 is 11.6 Å². The van der Waals surface area contributed by atoms with E-state index < -0.39 is 24.9 Å². The minimum atomic E-state index is -2.57. The molecule has 2 aromatic carbocycles. The normalized spacial score (nSPS) is 20.9. The Kier molecular flexibility index (Phi) is 16.5. The van der Waals surface area contributed by atoms with Crippen LogP contribution < -0.4 is 24.9 Å². The van der Waals surface area contributed by atoms with E-state index in [9.17, 15) is 27.2 Å². The number of carbonyl (C=O) groups is 2. The van der Waals surface area contributed by atoms with E-state index in [1.807, 2.05) is 43.4 Å². The van der Waals surface area contributed by atoms with Gasteiger partial charge in [-0.3, -0.25) is 9.59 Å². The lowest BCUT2D eigenvalue weighted by atomic mass is 10.1. The topological polar surface area (TPSA) is 103 Å². The van der Waals surface area contributed by atoms with E-state index in [4.69, 9.17) is 11.6 Å². The summed E-state index contributed by atoms with van der Waals surface area (Å²) in [5, 5.41) is 11.7. The van der Waals surface area contributed by atoms with Gasteiger partial charge < -0.3 is 39.6 Å². The Bertz CT molecular complexity index is 2860. The smallest absolute Gasteiger partial charge is 0.260 e. The third-order valence-electron chi connectivity index (χ3n) is 15.8. The van der Waals surface area contributed by atoms with E-state index in [-0.39, 0.29) is 36.1 Å². The summed E-state index contributed by atoms with van der Waals surface area (Å²) in [6.45, 7) is 17.7. The lowest BCUT2D eigenvalue weighted by molar-refractivity contribution is -0.139. The molecule has 400 valence electrons. The number of rotatable bonds is 12. The average Bonchev–Trinajstić information content (AvgIpc) is 4.40. The maximum Gasteiger partial charge on any atom is 0.260 e. The predicted octanol–water partition coefficient (Wildman–Crippen LogP) is 8.18. The van der Waals surface area contributed by atoms with E-state index in [0.29, 0.717) is 26.2 Å². The number of nitrogens with one attached hydrogen (secondary N) is 1. The SMILES string of the molecule is CCN1CCN(c2ccc(-c3cc4c(N5CCN(C(=O)C6CC6)C(C(F)F)C5)ccnn4c3)cc2)CC1.CCN1CCN(c2ccc(-c3cc4c(N5CCNC(C(F)F)C5)ccnn4c3)cc2)CC1.O=C(Cl)C1CC1. The number of carbonyl (C=O) groups excluding carboxylic acids is 2. The highest BCUT2D eigenvalue weighted by Gasteiger charge is 2.42. The number of fused-ring (bicyclic) bond motifs is 2. The highest BCUT2D eigenvalue weighted by atomic mass is 35.5. The van der Waals surface area contributed by atoms with Crippen LogP contribution in [-0.2, 0) is 9.59 Å². The molecule has 8 heterocycles. The van der Waals surface area contributed by atoms with Gasteiger partial charge in [-0.2, -0.15) is 10.2 Å². The first-order chi connectivity index (χ1) is 36.4. The highest BCUT2D eigenvalue weighted by Crippen LogP contribution is 2.36. The largest absolute Gasteiger partial charge is 0.369 e. The van der Waals surface area contributed by atoms with Crippen molar-refractivity contribution in [2.24, 2.45) is 11.8 Å². The number of piperazine rings is 4. The molecule has 2 unspecified atom stereocenters. The summed E-state index contributed by atoms with van der Waals surface area (Å²) in [6, 6.07) is 23.5. The fourth-order valence-electron chi connectivity index (χ4n) is 10.8. The quantitative estimate of drug-likeness (QED) is 0.0949. The number of halogens is 5. The Morgan fingerprint density at radius 1 is 0.573 bits per heavy atom. The Labute approximate surface area is 441 Å². The van der Waals surface area contributed by atoms with Crippen LogP contribution in [0.5, 0.6) is 0 Å². The molecule has 2 atom stereocenters. The number of amides is 1. The molecule has 19 heteroatoms. The summed E-state index contributed by atoms with van der Waals surface area (Å²) >= 11 is 5.04. The van der Waals surface area contributed by atoms with Crippen LogP contribution in [0.3, 0.4) is 0 Å². The Balaban J connectivity index is 0.000000155. The Morgan fingerprint density at radius 2 is 1.04 bits per heavy atom. The molecular formula is C56H69ClF4N12O2. The molecule has 4 aliphatic heterocycles. The van der Waals surface area contributed by atoms with Crippen molar-refractivity contribution >= 4 is 56.5 Å². The molecule has 0 spiro atoms. The Hall–Kier alpha value is -5.95. The van der Waals surface area contributed by atoms with Crippen LogP contribution in [0.2, 0.25) is 0 Å². The van der Waals surface area contributed by atoms with Gasteiger partial charge in [0.05, 0.1) is 28.5 Å². The van der Waals surface area contributed by atoms with Crippen molar-refractivity contribution in [3.63, 3.8) is 0 Å². The number of benzene rings is 2. The van der Waals surface area contributed by atoms with Crippen LogP contribution in [0.15, 0.2) is 97.6 Å². The third kappa shape index (κ3) is 12.3. The summed E-state index contributed by atoms with van der Waals surface area (Å²) in [4.78, 5) is 37.8. The molecule has 1 amide bonds. The number of nitrogens with zero attached hydrogens (tertiary/aromatic N) is 11. The molecule has 4 saturated heterocycles. The molecule has 6 aromatic rings. The first-order valence-corrected chi connectivity index (χ1v) is 27.2. The number of aromatic nitrogens is 4. The second kappa shape index (κ2) is 23.5. The lowest BCUT2D eigenvalue weighted by Gasteiger charge is -2.42. The van der Waals surface area contributed by atoms with Gasteiger partial charge in [0.1, 0.15) is 6.04 Å². The van der Waals surface area contributed by atoms with Crippen molar-refractivity contribution in [2.75, 3.05) is 124 Å². The molecule has 4 aromatic heterocycles. The fraction of sp³-hybridized carbons (Fsp3) is 0.500. The van der Waals surface area contributed by atoms with Crippen molar-refractivity contribution in [3.05, 3.63) is 97.6 Å². The van der Waals surface area contributed by atoms with Gasteiger partial charge in [0.15, 0.2) is 0 Å². The number of alkyl halides is 4. The molecule has 12 rings (SSSR count). The van der Waals surface area contributed by atoms with Crippen LogP contribution in [-0.4, -0.2) is 175 Å². The van der Waals surface area contributed by atoms with Crippen molar-refractivity contribution in [1.29, 1.82) is 0 Å². The first kappa shape index (κ1) is 52.5. The molecular weight excluding hydrogens is 984 g/mol. The zero-order chi connectivity index (χ0) is 52.2. The molecule has 1 N–H and O–H groups in total. The molecule has 2 aliphatic carbocycles. The van der Waals surface area contributed by atoms with Crippen LogP contribution in [0.25, 0.3) is 33.3 Å². The minimum Gasteiger partial charge on any atom is -0.369 e. The third-order valence-corrected chi connectivity index (χ3v) is 16.1. The highest BCUT2D eigenvalue weighted by molar-refractivity contribution is 6.64. The Morgan fingerprint density at radius 3 is 1.45 bits per heavy atom. The van der Waals surface area contributed by atoms with Crippen LogP contribution in [0, 0.1) is 11.8 Å². The second-order valence-electron chi connectivity index (χ2n) is 20.6. The molecule has 6 fully saturated rings. The van der Waals surface area contributed by atoms with Crippen molar-refractivity contribution in [1.82, 2.24) is 39.2 Å². The van der Waals surface area contributed by atoms with E-state index >= 15 is 0 Å². The van der Waals surface area contributed by atoms with Crippen molar-refractivity contribution in [2.45, 2.75) is 64.5 Å². The molecule has 0 bridgehead atoms. The summed E-state index contributed by atoms with van der Waals surface area (Å²) in [7, 11) is 0. The summed E-state index contributed by atoms with van der Waals surface area (Å²) in [6.07, 6.45) is 6.19. The summed E-state index contributed by atoms with van der Waals surface area (Å²) < 4.78 is 58.2. The van der Waals surface area contributed by atoms with Gasteiger partial charge in [-0.15, -0.1) is 0 Å². The fourth-order valence-corrected chi connectivity index (χ4v) is 11.0. The standard InChI is InChI=1S/C28H34F2N6O.C24H30F2N6.C4H5ClO/c1-2-32-11-13-33(14-12-32)23-7-5-20(6-8-23)22-17-25-24(9-10-31-36(25)18-22)34-15-16-35(26(19-34)27(29)30)28(37)21-3-4-21;1-2-29-11-13-30(14-12-29)20-5-3-18(4-6-20)19-15-23-22(7-8-28-32(23)16-19)31-10-9-27-21(17-31)24(25)26;5-4(6)3-1-2-3/h5-10,17-18,21,26-27H,2-4,11-16,19H2,1H3;3-8,15-16,21,24,27H,2,9-14,17H2,1H3;3H,1-2H2. The van der Waals surface area contributed by atoms with Crippen LogP contribution in [0.4, 0.5) is 40.3 Å². The zero-order valence-corrected chi connectivity index (χ0v) is 43.7. The van der Waals surface area contributed by atoms with E-state index in [1.54, 1.807) is 12.4 Å². The van der Waals surface area contributed by atoms with Gasteiger partial charge in [-0.25, -0.2) is 26.6 Å². The van der Waals surface area contributed by atoms with Gasteiger partial charge in [0.25, 0.3) is 12.9 Å². The maximum atomic E-state index is 14.0. The average molecular weight is 1050 g/mol. The number of hydrogen-bond acceptors (Lipinski definition) is 11. The number of hydrogen-bond donors (Lipinski definition) is 1. The van der Waals surface area contributed by atoms with Gasteiger partial charge in [0.2, 0.25) is 11.1 Å². The maximum absolute atomic E-state index is 14.0. The minimum absolute atomic E-state index is 0.0547. The van der Waals surface area contributed by atoms with Gasteiger partial charge in [0, 0.05) is 151 Å². The van der Waals surface area contributed by atoms with E-state index in [1.165, 1.54) is 16.3 Å². The van der Waals surface area contributed by atoms with E-state index in [0.717, 1.165) is 136 Å². The molecule has 75 heavy (non-hydrogen) atoms. The number of anilines is 4. The second-order valence-corrected chi connectivity index (χ2v) is 20.9. The predicted molar refractivity (Wildman–Crippen MR) is 290 cm³/mol. The molecule has 14 nitrogen and oxygen atoms in total. The zero-order valence-electron chi connectivity index (χ0n) is 43.0. The van der Waals surface area contributed by atoms with Crippen molar-refractivity contribution in [3.8, 4) is 22.3 Å². The van der Waals surface area contributed by atoms with E-state index in [2.05, 4.69) is 110 Å². The molecule has 2 saturated carbocycles. The number of likely N-dealkylation sites (N-methyl/N-ethyl adjacent to an activating group) is 2. The lowest BCUT2D eigenvalue weighted by Crippen LogP contribution is -2.58. The van der Waals surface area contributed by atoms with Gasteiger partial charge in [-0.05, 0) is 110 Å². The molecule has 6 aliphatic rings. The van der Waals surface area contributed by atoms with Gasteiger partial charge >= 0.3 is 0 Å². The summed E-state index contributed by atoms with van der Waals surface area (Å²) in [5.41, 5.74) is 10.5. The van der Waals surface area contributed by atoms with Crippen molar-refractivity contribution < 1.29 is 27.2 Å². The van der Waals surface area contributed by atoms with Gasteiger partial charge in [-0.1, -0.05) is 38.1 Å². The monoisotopic (exact) mass is 1050 g/mol. The van der Waals surface area contributed by atoms with Crippen LogP contribution in [0.1, 0.15) is 39.5 Å². The first-order valence-electron chi connectivity index (χ1n) is 26.8. The summed E-state index contributed by atoms with van der Waals surface area (Å²) in [5.74, 6) is 0.0677.